The molecule has 1 aromatic rings. The molecule has 1 saturated heterocycles. The molecule has 1 heterocycles. The second kappa shape index (κ2) is 4.73. The number of hydroxylamine groups is 2. The van der Waals surface area contributed by atoms with Crippen LogP contribution in [0.4, 0.5) is 4.79 Å². The summed E-state index contributed by atoms with van der Waals surface area (Å²) in [4.78, 5) is 11.6. The van der Waals surface area contributed by atoms with Crippen LogP contribution in [-0.4, -0.2) is 30.0 Å². The van der Waals surface area contributed by atoms with Crippen molar-refractivity contribution in [1.29, 1.82) is 0 Å². The first-order chi connectivity index (χ1) is 8.20. The van der Waals surface area contributed by atoms with Gasteiger partial charge < -0.3 is 10.1 Å². The Bertz CT molecular complexity index is 388. The molecule has 1 aliphatic heterocycles. The molecule has 2 amide bonds. The lowest BCUT2D eigenvalue weighted by Crippen LogP contribution is -2.50. The maximum absolute atomic E-state index is 11.6. The monoisotopic (exact) mass is 236 g/mol. The average Bonchev–Trinajstić information content (AvgIpc) is 2.88. The summed E-state index contributed by atoms with van der Waals surface area (Å²) >= 11 is 0. The van der Waals surface area contributed by atoms with Gasteiger partial charge in [0.1, 0.15) is 0 Å². The van der Waals surface area contributed by atoms with Gasteiger partial charge in [-0.2, -0.15) is 5.06 Å². The molecule has 0 saturated carbocycles. The summed E-state index contributed by atoms with van der Waals surface area (Å²) in [5.41, 5.74) is -0.273. The molecule has 2 rings (SSSR count). The average molecular weight is 236 g/mol. The lowest BCUT2D eigenvalue weighted by molar-refractivity contribution is -0.236. The minimum absolute atomic E-state index is 0.531. The highest BCUT2D eigenvalue weighted by atomic mass is 16.6. The van der Waals surface area contributed by atoms with Gasteiger partial charge in [0, 0.05) is 19.0 Å². The normalized spacial score (nSPS) is 23.4. The van der Waals surface area contributed by atoms with Crippen molar-refractivity contribution in [3.63, 3.8) is 0 Å². The van der Waals surface area contributed by atoms with Crippen molar-refractivity contribution in [3.05, 3.63) is 35.9 Å². The summed E-state index contributed by atoms with van der Waals surface area (Å²) in [7, 11) is 1.47. The van der Waals surface area contributed by atoms with Crippen LogP contribution in [0.25, 0.3) is 0 Å². The molecule has 1 aromatic carbocycles. The van der Waals surface area contributed by atoms with Crippen molar-refractivity contribution >= 4 is 6.03 Å². The molecule has 0 aliphatic carbocycles. The van der Waals surface area contributed by atoms with Crippen molar-refractivity contribution in [2.45, 2.75) is 18.6 Å². The number of ether oxygens (including phenoxy) is 1. The van der Waals surface area contributed by atoms with E-state index in [2.05, 4.69) is 5.32 Å². The Balaban J connectivity index is 2.36. The molecular formula is C12H16N2O3. The molecule has 92 valence electrons. The number of nitrogens with one attached hydrogen (secondary N) is 1. The van der Waals surface area contributed by atoms with Crippen LogP contribution in [0, 0.1) is 0 Å². The number of hydrogen-bond donors (Lipinski definition) is 2. The van der Waals surface area contributed by atoms with E-state index < -0.39 is 11.8 Å². The van der Waals surface area contributed by atoms with Crippen LogP contribution in [0.5, 0.6) is 0 Å². The third kappa shape index (κ3) is 1.99. The predicted octanol–water partition coefficient (Wildman–Crippen LogP) is 1.68. The van der Waals surface area contributed by atoms with E-state index in [1.165, 1.54) is 7.05 Å². The fraction of sp³-hybridized carbons (Fsp3) is 0.417. The van der Waals surface area contributed by atoms with Crippen LogP contribution in [0.1, 0.15) is 18.4 Å². The zero-order chi connectivity index (χ0) is 12.3. The second-order valence-electron chi connectivity index (χ2n) is 3.97. The van der Waals surface area contributed by atoms with Crippen LogP contribution in [0.15, 0.2) is 30.3 Å². The van der Waals surface area contributed by atoms with Gasteiger partial charge in [0.25, 0.3) is 0 Å². The van der Waals surface area contributed by atoms with E-state index in [1.807, 2.05) is 30.3 Å². The molecule has 5 nitrogen and oxygen atoms in total. The molecule has 0 bridgehead atoms. The largest absolute Gasteiger partial charge is 0.349 e. The van der Waals surface area contributed by atoms with E-state index in [-0.39, 0.29) is 0 Å². The van der Waals surface area contributed by atoms with Crippen molar-refractivity contribution in [2.75, 3.05) is 13.7 Å². The van der Waals surface area contributed by atoms with Crippen molar-refractivity contribution in [2.24, 2.45) is 0 Å². The van der Waals surface area contributed by atoms with Crippen molar-refractivity contribution in [1.82, 2.24) is 10.4 Å². The first-order valence-electron chi connectivity index (χ1n) is 5.61. The smallest absolute Gasteiger partial charge is 0.343 e. The van der Waals surface area contributed by atoms with Gasteiger partial charge in [-0.15, -0.1) is 0 Å². The van der Waals surface area contributed by atoms with E-state index in [0.29, 0.717) is 18.1 Å². The van der Waals surface area contributed by atoms with E-state index in [1.54, 1.807) is 0 Å². The molecule has 1 fully saturated rings. The molecule has 0 unspecified atom stereocenters. The van der Waals surface area contributed by atoms with E-state index in [4.69, 9.17) is 4.74 Å². The van der Waals surface area contributed by atoms with Crippen LogP contribution >= 0.6 is 0 Å². The number of urea groups is 1. The first kappa shape index (κ1) is 11.9. The molecular weight excluding hydrogens is 220 g/mol. The Labute approximate surface area is 99.9 Å². The highest BCUT2D eigenvalue weighted by molar-refractivity contribution is 5.73. The maximum Gasteiger partial charge on any atom is 0.343 e. The SMILES string of the molecule is CNC(=O)N(O)[C@@]1(c2ccccc2)CCCO1. The van der Waals surface area contributed by atoms with Gasteiger partial charge in [0.15, 0.2) is 5.72 Å². The van der Waals surface area contributed by atoms with Gasteiger partial charge in [0.05, 0.1) is 6.61 Å². The predicted molar refractivity (Wildman–Crippen MR) is 61.4 cm³/mol. The number of benzene rings is 1. The number of carbonyl (C=O) groups excluding carboxylic acids is 1. The fourth-order valence-electron chi connectivity index (χ4n) is 2.11. The Morgan fingerprint density at radius 2 is 2.18 bits per heavy atom. The van der Waals surface area contributed by atoms with E-state index in [0.717, 1.165) is 12.0 Å². The van der Waals surface area contributed by atoms with Gasteiger partial charge in [-0.25, -0.2) is 4.79 Å². The minimum Gasteiger partial charge on any atom is -0.349 e. The summed E-state index contributed by atoms with van der Waals surface area (Å²) in [6.07, 6.45) is 1.39. The van der Waals surface area contributed by atoms with Gasteiger partial charge in [-0.05, 0) is 6.42 Å². The van der Waals surface area contributed by atoms with Crippen molar-refractivity contribution in [3.8, 4) is 0 Å². The molecule has 5 heteroatoms. The van der Waals surface area contributed by atoms with E-state index in [9.17, 15) is 10.0 Å². The zero-order valence-corrected chi connectivity index (χ0v) is 9.72. The lowest BCUT2D eigenvalue weighted by Gasteiger charge is -2.35. The van der Waals surface area contributed by atoms with Crippen LogP contribution in [0.2, 0.25) is 0 Å². The Morgan fingerprint density at radius 1 is 1.47 bits per heavy atom. The third-order valence-electron chi connectivity index (χ3n) is 2.97. The van der Waals surface area contributed by atoms with Gasteiger partial charge >= 0.3 is 6.03 Å². The van der Waals surface area contributed by atoms with Crippen molar-refractivity contribution < 1.29 is 14.7 Å². The summed E-state index contributed by atoms with van der Waals surface area (Å²) in [5.74, 6) is 0. The lowest BCUT2D eigenvalue weighted by atomic mass is 9.99. The summed E-state index contributed by atoms with van der Waals surface area (Å²) < 4.78 is 5.63. The summed E-state index contributed by atoms with van der Waals surface area (Å²) in [5, 5.41) is 13.1. The van der Waals surface area contributed by atoms with Crippen LogP contribution in [-0.2, 0) is 10.5 Å². The quantitative estimate of drug-likeness (QED) is 0.606. The fourth-order valence-corrected chi connectivity index (χ4v) is 2.11. The Kier molecular flexibility index (Phi) is 3.31. The zero-order valence-electron chi connectivity index (χ0n) is 9.72. The third-order valence-corrected chi connectivity index (χ3v) is 2.97. The Morgan fingerprint density at radius 3 is 2.71 bits per heavy atom. The van der Waals surface area contributed by atoms with Gasteiger partial charge in [-0.3, -0.25) is 5.21 Å². The number of nitrogens with zero attached hydrogens (tertiary/aromatic N) is 1. The molecule has 17 heavy (non-hydrogen) atoms. The highest BCUT2D eigenvalue weighted by Crippen LogP contribution is 2.38. The molecule has 0 spiro atoms. The molecule has 1 aliphatic rings. The topological polar surface area (TPSA) is 61.8 Å². The first-order valence-corrected chi connectivity index (χ1v) is 5.61. The van der Waals surface area contributed by atoms with Crippen LogP contribution in [0.3, 0.4) is 0 Å². The van der Waals surface area contributed by atoms with Crippen LogP contribution < -0.4 is 5.32 Å². The second-order valence-corrected chi connectivity index (χ2v) is 3.97. The number of carbonyl (C=O) groups is 1. The molecule has 2 N–H and O–H groups in total. The Hall–Kier alpha value is -1.59. The van der Waals surface area contributed by atoms with E-state index >= 15 is 0 Å². The molecule has 0 aromatic heterocycles. The molecule has 1 atom stereocenters. The van der Waals surface area contributed by atoms with Gasteiger partial charge in [-0.1, -0.05) is 30.3 Å². The maximum atomic E-state index is 11.6. The number of hydrogen-bond acceptors (Lipinski definition) is 3. The standard InChI is InChI=1S/C12H16N2O3/c1-13-11(15)14(16)12(8-5-9-17-12)10-6-3-2-4-7-10/h2-4,6-7,16H,5,8-9H2,1H3,(H,13,15)/t12-/m0/s1. The summed E-state index contributed by atoms with van der Waals surface area (Å²) in [6, 6.07) is 8.71. The highest BCUT2D eigenvalue weighted by Gasteiger charge is 2.45. The molecule has 0 radical (unpaired) electrons. The number of rotatable bonds is 2. The van der Waals surface area contributed by atoms with Gasteiger partial charge in [0.2, 0.25) is 0 Å². The minimum atomic E-state index is -1.05. The number of amides is 2. The summed E-state index contributed by atoms with van der Waals surface area (Å²) in [6.45, 7) is 0.531.